The Kier molecular flexibility index (Phi) is 5.91. The molecule has 18 heavy (non-hydrogen) atoms. The molecule has 1 amide bonds. The van der Waals surface area contributed by atoms with Crippen molar-refractivity contribution in [1.82, 2.24) is 10.6 Å². The van der Waals surface area contributed by atoms with Gasteiger partial charge in [-0.2, -0.15) is 13.2 Å². The van der Waals surface area contributed by atoms with E-state index in [1.54, 1.807) is 0 Å². The molecule has 0 heterocycles. The lowest BCUT2D eigenvalue weighted by Crippen LogP contribution is -2.40. The van der Waals surface area contributed by atoms with Gasteiger partial charge in [0.1, 0.15) is 0 Å². The highest BCUT2D eigenvalue weighted by atomic mass is 19.4. The summed E-state index contributed by atoms with van der Waals surface area (Å²) in [5.74, 6) is 0.685. The number of hydrogen-bond donors (Lipinski definition) is 2. The summed E-state index contributed by atoms with van der Waals surface area (Å²) in [5, 5.41) is 4.79. The Balaban J connectivity index is 2.13. The van der Waals surface area contributed by atoms with Gasteiger partial charge in [-0.1, -0.05) is 26.2 Å². The summed E-state index contributed by atoms with van der Waals surface area (Å²) >= 11 is 0. The summed E-state index contributed by atoms with van der Waals surface area (Å²) in [5.41, 5.74) is 0. The van der Waals surface area contributed by atoms with E-state index in [0.717, 1.165) is 6.42 Å². The molecular formula is C12H21F3N2O. The quantitative estimate of drug-likeness (QED) is 0.800. The maximum absolute atomic E-state index is 11.8. The Hall–Kier alpha value is -0.780. The molecule has 0 aromatic heterocycles. The van der Waals surface area contributed by atoms with Gasteiger partial charge in [-0.05, 0) is 18.3 Å². The minimum absolute atomic E-state index is 0.277. The van der Waals surface area contributed by atoms with E-state index in [1.165, 1.54) is 19.3 Å². The van der Waals surface area contributed by atoms with Gasteiger partial charge in [0.2, 0.25) is 5.91 Å². The zero-order valence-corrected chi connectivity index (χ0v) is 10.6. The normalized spacial score (nSPS) is 24.9. The third-order valence-electron chi connectivity index (χ3n) is 3.46. The summed E-state index contributed by atoms with van der Waals surface area (Å²) in [4.78, 5) is 11.3. The highest BCUT2D eigenvalue weighted by molar-refractivity contribution is 5.77. The largest absolute Gasteiger partial charge is 0.401 e. The van der Waals surface area contributed by atoms with Crippen LogP contribution in [0.3, 0.4) is 0 Å². The van der Waals surface area contributed by atoms with Crippen molar-refractivity contribution in [3.05, 3.63) is 0 Å². The topological polar surface area (TPSA) is 41.1 Å². The van der Waals surface area contributed by atoms with Crippen LogP contribution in [0.5, 0.6) is 0 Å². The SMILES string of the molecule is CC1CCCCC1CNC(=O)CNCC(F)(F)F. The molecule has 3 nitrogen and oxygen atoms in total. The molecule has 1 aliphatic rings. The number of rotatable bonds is 5. The molecule has 0 aromatic rings. The molecule has 1 aliphatic carbocycles. The highest BCUT2D eigenvalue weighted by Gasteiger charge is 2.26. The zero-order valence-electron chi connectivity index (χ0n) is 10.6. The Labute approximate surface area is 106 Å². The van der Waals surface area contributed by atoms with Gasteiger partial charge >= 0.3 is 6.18 Å². The molecule has 0 aliphatic heterocycles. The summed E-state index contributed by atoms with van der Waals surface area (Å²) in [6.07, 6.45) is 0.415. The third kappa shape index (κ3) is 6.23. The van der Waals surface area contributed by atoms with Crippen LogP contribution in [-0.2, 0) is 4.79 Å². The zero-order chi connectivity index (χ0) is 13.6. The van der Waals surface area contributed by atoms with E-state index in [2.05, 4.69) is 17.6 Å². The van der Waals surface area contributed by atoms with Crippen molar-refractivity contribution < 1.29 is 18.0 Å². The Morgan fingerprint density at radius 1 is 1.28 bits per heavy atom. The lowest BCUT2D eigenvalue weighted by molar-refractivity contribution is -0.128. The number of halogens is 3. The first-order valence-electron chi connectivity index (χ1n) is 6.42. The molecule has 106 valence electrons. The number of nitrogens with one attached hydrogen (secondary N) is 2. The maximum atomic E-state index is 11.8. The molecule has 2 atom stereocenters. The van der Waals surface area contributed by atoms with Crippen molar-refractivity contribution >= 4 is 5.91 Å². The van der Waals surface area contributed by atoms with Gasteiger partial charge in [-0.3, -0.25) is 4.79 Å². The lowest BCUT2D eigenvalue weighted by Gasteiger charge is -2.28. The van der Waals surface area contributed by atoms with E-state index < -0.39 is 12.7 Å². The summed E-state index contributed by atoms with van der Waals surface area (Å²) in [7, 11) is 0. The van der Waals surface area contributed by atoms with Crippen LogP contribution in [-0.4, -0.2) is 31.7 Å². The van der Waals surface area contributed by atoms with E-state index >= 15 is 0 Å². The summed E-state index contributed by atoms with van der Waals surface area (Å²) in [6.45, 7) is 1.34. The number of hydrogen-bond acceptors (Lipinski definition) is 2. The smallest absolute Gasteiger partial charge is 0.355 e. The van der Waals surface area contributed by atoms with Gasteiger partial charge in [0.15, 0.2) is 0 Å². The predicted octanol–water partition coefficient (Wildman–Crippen LogP) is 2.08. The van der Waals surface area contributed by atoms with Crippen LogP contribution in [0.4, 0.5) is 13.2 Å². The molecule has 1 saturated carbocycles. The van der Waals surface area contributed by atoms with Crippen LogP contribution in [0, 0.1) is 11.8 Å². The van der Waals surface area contributed by atoms with Gasteiger partial charge in [0.05, 0.1) is 13.1 Å². The van der Waals surface area contributed by atoms with Gasteiger partial charge in [0, 0.05) is 6.54 Å². The Bertz CT molecular complexity index is 269. The van der Waals surface area contributed by atoms with Crippen molar-refractivity contribution in [2.24, 2.45) is 11.8 Å². The molecule has 1 fully saturated rings. The summed E-state index contributed by atoms with van der Waals surface area (Å²) in [6, 6.07) is 0. The third-order valence-corrected chi connectivity index (χ3v) is 3.46. The van der Waals surface area contributed by atoms with E-state index in [9.17, 15) is 18.0 Å². The minimum atomic E-state index is -4.27. The number of amides is 1. The second kappa shape index (κ2) is 6.97. The fourth-order valence-corrected chi connectivity index (χ4v) is 2.32. The highest BCUT2D eigenvalue weighted by Crippen LogP contribution is 2.28. The molecule has 0 saturated heterocycles. The number of alkyl halides is 3. The maximum Gasteiger partial charge on any atom is 0.401 e. The monoisotopic (exact) mass is 266 g/mol. The second-order valence-electron chi connectivity index (χ2n) is 5.04. The van der Waals surface area contributed by atoms with Crippen LogP contribution in [0.15, 0.2) is 0 Å². The first kappa shape index (κ1) is 15.3. The number of carbonyl (C=O) groups excluding carboxylic acids is 1. The molecule has 2 unspecified atom stereocenters. The number of carbonyl (C=O) groups is 1. The van der Waals surface area contributed by atoms with E-state index in [4.69, 9.17) is 0 Å². The molecular weight excluding hydrogens is 245 g/mol. The van der Waals surface area contributed by atoms with E-state index in [1.807, 2.05) is 0 Å². The molecule has 0 aromatic carbocycles. The minimum Gasteiger partial charge on any atom is -0.355 e. The molecule has 6 heteroatoms. The first-order chi connectivity index (χ1) is 8.38. The van der Waals surface area contributed by atoms with Crippen molar-refractivity contribution in [2.75, 3.05) is 19.6 Å². The van der Waals surface area contributed by atoms with Crippen LogP contribution in [0.1, 0.15) is 32.6 Å². The van der Waals surface area contributed by atoms with Gasteiger partial charge in [-0.15, -0.1) is 0 Å². The van der Waals surface area contributed by atoms with E-state index in [0.29, 0.717) is 18.4 Å². The van der Waals surface area contributed by atoms with E-state index in [-0.39, 0.29) is 12.5 Å². The fourth-order valence-electron chi connectivity index (χ4n) is 2.32. The van der Waals surface area contributed by atoms with Crippen molar-refractivity contribution in [2.45, 2.75) is 38.8 Å². The second-order valence-corrected chi connectivity index (χ2v) is 5.04. The van der Waals surface area contributed by atoms with Crippen molar-refractivity contribution in [3.8, 4) is 0 Å². The van der Waals surface area contributed by atoms with Crippen LogP contribution >= 0.6 is 0 Å². The van der Waals surface area contributed by atoms with Crippen LogP contribution in [0.25, 0.3) is 0 Å². The van der Waals surface area contributed by atoms with Gasteiger partial charge < -0.3 is 10.6 Å². The first-order valence-corrected chi connectivity index (χ1v) is 6.42. The predicted molar refractivity (Wildman–Crippen MR) is 63.1 cm³/mol. The molecule has 0 bridgehead atoms. The fraction of sp³-hybridized carbons (Fsp3) is 0.917. The van der Waals surface area contributed by atoms with Gasteiger partial charge in [-0.25, -0.2) is 0 Å². The average Bonchev–Trinajstić information content (AvgIpc) is 2.26. The molecule has 0 radical (unpaired) electrons. The lowest BCUT2D eigenvalue weighted by atomic mass is 9.80. The van der Waals surface area contributed by atoms with Crippen LogP contribution in [0.2, 0.25) is 0 Å². The molecule has 2 N–H and O–H groups in total. The van der Waals surface area contributed by atoms with Crippen molar-refractivity contribution in [3.63, 3.8) is 0 Å². The average molecular weight is 266 g/mol. The molecule has 0 spiro atoms. The van der Waals surface area contributed by atoms with Gasteiger partial charge in [0.25, 0.3) is 0 Å². The standard InChI is InChI=1S/C12H21F3N2O/c1-9-4-2-3-5-10(9)6-17-11(18)7-16-8-12(13,14)15/h9-10,16H,2-8H2,1H3,(H,17,18). The van der Waals surface area contributed by atoms with Crippen LogP contribution < -0.4 is 10.6 Å². The Morgan fingerprint density at radius 3 is 2.56 bits per heavy atom. The summed E-state index contributed by atoms with van der Waals surface area (Å²) < 4.78 is 35.5. The molecule has 1 rings (SSSR count). The Morgan fingerprint density at radius 2 is 1.94 bits per heavy atom. The van der Waals surface area contributed by atoms with Crippen molar-refractivity contribution in [1.29, 1.82) is 0 Å².